The molecule has 0 radical (unpaired) electrons. The zero-order chi connectivity index (χ0) is 9.19. The molecule has 0 fully saturated rings. The minimum Gasteiger partial charge on any atom is -0.301 e. The van der Waals surface area contributed by atoms with E-state index < -0.39 is 11.9 Å². The van der Waals surface area contributed by atoms with Crippen LogP contribution in [0.1, 0.15) is 5.69 Å². The van der Waals surface area contributed by atoms with Crippen LogP contribution in [0.25, 0.3) is 0 Å². The van der Waals surface area contributed by atoms with Crippen LogP contribution < -0.4 is 0 Å². The van der Waals surface area contributed by atoms with Crippen molar-refractivity contribution in [2.24, 2.45) is 0 Å². The minimum atomic E-state index is -4.44. The van der Waals surface area contributed by atoms with Gasteiger partial charge in [0, 0.05) is 6.20 Å². The van der Waals surface area contributed by atoms with Crippen molar-refractivity contribution in [1.82, 2.24) is 9.78 Å². The van der Waals surface area contributed by atoms with Crippen molar-refractivity contribution in [3.8, 4) is 0 Å². The van der Waals surface area contributed by atoms with E-state index in [4.69, 9.17) is 0 Å². The number of carbonyl (C=O) groups is 1. The van der Waals surface area contributed by atoms with Gasteiger partial charge in [0.05, 0.1) is 6.54 Å². The van der Waals surface area contributed by atoms with Gasteiger partial charge in [-0.25, -0.2) is 0 Å². The summed E-state index contributed by atoms with van der Waals surface area (Å²) in [4.78, 5) is 9.89. The largest absolute Gasteiger partial charge is 0.435 e. The van der Waals surface area contributed by atoms with Crippen molar-refractivity contribution in [2.45, 2.75) is 12.7 Å². The molecule has 0 aliphatic carbocycles. The average molecular weight is 178 g/mol. The molecular weight excluding hydrogens is 173 g/mol. The van der Waals surface area contributed by atoms with Crippen LogP contribution in [0.5, 0.6) is 0 Å². The zero-order valence-corrected chi connectivity index (χ0v) is 5.88. The van der Waals surface area contributed by atoms with Gasteiger partial charge in [-0.1, -0.05) is 0 Å². The Labute approximate surface area is 65.8 Å². The van der Waals surface area contributed by atoms with Crippen molar-refractivity contribution in [1.29, 1.82) is 0 Å². The maximum Gasteiger partial charge on any atom is 0.435 e. The Morgan fingerprint density at radius 2 is 2.25 bits per heavy atom. The topological polar surface area (TPSA) is 34.9 Å². The average Bonchev–Trinajstić information content (AvgIpc) is 2.35. The Hall–Kier alpha value is -1.33. The van der Waals surface area contributed by atoms with Gasteiger partial charge >= 0.3 is 6.18 Å². The van der Waals surface area contributed by atoms with E-state index in [1.807, 2.05) is 0 Å². The van der Waals surface area contributed by atoms with E-state index in [1.165, 1.54) is 0 Å². The highest BCUT2D eigenvalue weighted by Gasteiger charge is 2.33. The fourth-order valence-corrected chi connectivity index (χ4v) is 0.691. The molecule has 3 nitrogen and oxygen atoms in total. The van der Waals surface area contributed by atoms with Gasteiger partial charge in [-0.2, -0.15) is 18.3 Å². The molecule has 66 valence electrons. The molecule has 0 saturated carbocycles. The molecule has 0 bridgehead atoms. The molecule has 0 aromatic carbocycles. The maximum atomic E-state index is 11.9. The van der Waals surface area contributed by atoms with Crippen LogP contribution in [0.2, 0.25) is 0 Å². The summed E-state index contributed by atoms with van der Waals surface area (Å²) in [5.74, 6) is 0. The first kappa shape index (κ1) is 8.76. The van der Waals surface area contributed by atoms with E-state index in [0.29, 0.717) is 6.29 Å². The quantitative estimate of drug-likeness (QED) is 0.635. The van der Waals surface area contributed by atoms with E-state index in [9.17, 15) is 18.0 Å². The number of aldehydes is 1. The number of alkyl halides is 3. The normalized spacial score (nSPS) is 11.6. The summed E-state index contributed by atoms with van der Waals surface area (Å²) >= 11 is 0. The maximum absolute atomic E-state index is 11.9. The Morgan fingerprint density at radius 3 is 2.67 bits per heavy atom. The number of hydrogen-bond acceptors (Lipinski definition) is 2. The molecule has 0 aliphatic heterocycles. The highest BCUT2D eigenvalue weighted by atomic mass is 19.4. The Kier molecular flexibility index (Phi) is 2.16. The lowest BCUT2D eigenvalue weighted by atomic mass is 10.4. The van der Waals surface area contributed by atoms with Gasteiger partial charge in [-0.15, -0.1) is 0 Å². The summed E-state index contributed by atoms with van der Waals surface area (Å²) < 4.78 is 36.6. The van der Waals surface area contributed by atoms with Crippen LogP contribution in [0, 0.1) is 0 Å². The van der Waals surface area contributed by atoms with Gasteiger partial charge in [-0.3, -0.25) is 4.68 Å². The molecule has 0 N–H and O–H groups in total. The molecule has 1 aromatic rings. The van der Waals surface area contributed by atoms with Crippen LogP contribution in [0.3, 0.4) is 0 Å². The van der Waals surface area contributed by atoms with Crippen LogP contribution >= 0.6 is 0 Å². The SMILES string of the molecule is O=CCn1ccc(C(F)(F)F)n1. The highest BCUT2D eigenvalue weighted by molar-refractivity contribution is 5.48. The van der Waals surface area contributed by atoms with Gasteiger partial charge in [0.25, 0.3) is 0 Å². The van der Waals surface area contributed by atoms with Crippen molar-refractivity contribution >= 4 is 6.29 Å². The Balaban J connectivity index is 2.84. The van der Waals surface area contributed by atoms with Gasteiger partial charge in [0.15, 0.2) is 5.69 Å². The summed E-state index contributed by atoms with van der Waals surface area (Å²) in [7, 11) is 0. The second-order valence-corrected chi connectivity index (χ2v) is 2.09. The van der Waals surface area contributed by atoms with Crippen LogP contribution in [0.15, 0.2) is 12.3 Å². The number of aromatic nitrogens is 2. The predicted octanol–water partition coefficient (Wildman–Crippen LogP) is 1.10. The molecule has 0 unspecified atom stereocenters. The first-order chi connectivity index (χ1) is 5.54. The third-order valence-electron chi connectivity index (χ3n) is 1.19. The molecule has 0 spiro atoms. The molecule has 0 amide bonds. The summed E-state index contributed by atoms with van der Waals surface area (Å²) in [5, 5.41) is 3.13. The molecule has 12 heavy (non-hydrogen) atoms. The molecule has 1 rings (SSSR count). The number of hydrogen-bond donors (Lipinski definition) is 0. The smallest absolute Gasteiger partial charge is 0.301 e. The van der Waals surface area contributed by atoms with Crippen molar-refractivity contribution in [3.63, 3.8) is 0 Å². The van der Waals surface area contributed by atoms with Gasteiger partial charge in [0.2, 0.25) is 0 Å². The Bertz CT molecular complexity index is 279. The third-order valence-corrected chi connectivity index (χ3v) is 1.19. The zero-order valence-electron chi connectivity index (χ0n) is 5.88. The van der Waals surface area contributed by atoms with Gasteiger partial charge < -0.3 is 4.79 Å². The van der Waals surface area contributed by atoms with E-state index in [0.717, 1.165) is 16.9 Å². The van der Waals surface area contributed by atoms with Gasteiger partial charge in [0.1, 0.15) is 6.29 Å². The monoisotopic (exact) mass is 178 g/mol. The van der Waals surface area contributed by atoms with Crippen molar-refractivity contribution in [3.05, 3.63) is 18.0 Å². The van der Waals surface area contributed by atoms with E-state index >= 15 is 0 Å². The van der Waals surface area contributed by atoms with Gasteiger partial charge in [-0.05, 0) is 6.07 Å². The standard InChI is InChI=1S/C6H5F3N2O/c7-6(8,9)5-1-2-11(10-5)3-4-12/h1-2,4H,3H2. The molecule has 0 atom stereocenters. The fraction of sp³-hybridized carbons (Fsp3) is 0.333. The second kappa shape index (κ2) is 2.96. The summed E-state index contributed by atoms with van der Waals surface area (Å²) in [6, 6.07) is 0.823. The number of nitrogens with zero attached hydrogens (tertiary/aromatic N) is 2. The van der Waals surface area contributed by atoms with Crippen molar-refractivity contribution < 1.29 is 18.0 Å². The highest BCUT2D eigenvalue weighted by Crippen LogP contribution is 2.26. The van der Waals surface area contributed by atoms with E-state index in [-0.39, 0.29) is 6.54 Å². The lowest BCUT2D eigenvalue weighted by Gasteiger charge is -1.99. The lowest BCUT2D eigenvalue weighted by molar-refractivity contribution is -0.141. The van der Waals surface area contributed by atoms with Crippen LogP contribution in [-0.2, 0) is 17.5 Å². The number of rotatable bonds is 2. The predicted molar refractivity (Wildman–Crippen MR) is 33.3 cm³/mol. The minimum absolute atomic E-state index is 0.157. The molecule has 0 saturated heterocycles. The first-order valence-electron chi connectivity index (χ1n) is 3.08. The Morgan fingerprint density at radius 1 is 1.58 bits per heavy atom. The summed E-state index contributed by atoms with van der Waals surface area (Å²) in [6.45, 7) is -0.157. The van der Waals surface area contributed by atoms with Crippen LogP contribution in [0.4, 0.5) is 13.2 Å². The second-order valence-electron chi connectivity index (χ2n) is 2.09. The van der Waals surface area contributed by atoms with E-state index in [2.05, 4.69) is 5.10 Å². The molecule has 1 aromatic heterocycles. The first-order valence-corrected chi connectivity index (χ1v) is 3.08. The van der Waals surface area contributed by atoms with E-state index in [1.54, 1.807) is 0 Å². The number of halogens is 3. The third kappa shape index (κ3) is 1.84. The summed E-state index contributed by atoms with van der Waals surface area (Å²) in [5.41, 5.74) is -0.982. The van der Waals surface area contributed by atoms with Crippen LogP contribution in [-0.4, -0.2) is 16.1 Å². The summed E-state index contributed by atoms with van der Waals surface area (Å²) in [6.07, 6.45) is -2.85. The molecule has 0 aliphatic rings. The lowest BCUT2D eigenvalue weighted by Crippen LogP contribution is -2.08. The number of carbonyl (C=O) groups excluding carboxylic acids is 1. The molecular formula is C6H5F3N2O. The van der Waals surface area contributed by atoms with Crippen molar-refractivity contribution in [2.75, 3.05) is 0 Å². The fourth-order valence-electron chi connectivity index (χ4n) is 0.691. The molecule has 1 heterocycles. The molecule has 6 heteroatoms.